The van der Waals surface area contributed by atoms with E-state index in [9.17, 15) is 4.79 Å². The van der Waals surface area contributed by atoms with Crippen molar-refractivity contribution in [2.75, 3.05) is 6.54 Å². The van der Waals surface area contributed by atoms with Crippen LogP contribution in [0.2, 0.25) is 0 Å². The van der Waals surface area contributed by atoms with E-state index in [-0.39, 0.29) is 0 Å². The van der Waals surface area contributed by atoms with Gasteiger partial charge in [-0.25, -0.2) is 0 Å². The van der Waals surface area contributed by atoms with Crippen LogP contribution in [0, 0.1) is 11.8 Å². The molecule has 2 bridgehead atoms. The highest BCUT2D eigenvalue weighted by atomic mass is 16.1. The molecule has 0 spiro atoms. The van der Waals surface area contributed by atoms with Crippen LogP contribution in [0.5, 0.6) is 0 Å². The predicted molar refractivity (Wildman–Crippen MR) is 73.5 cm³/mol. The van der Waals surface area contributed by atoms with Gasteiger partial charge in [-0.15, -0.1) is 0 Å². The summed E-state index contributed by atoms with van der Waals surface area (Å²) < 4.78 is 0. The summed E-state index contributed by atoms with van der Waals surface area (Å²) in [6.45, 7) is 3.63. The molecule has 2 aliphatic heterocycles. The second-order valence-corrected chi connectivity index (χ2v) is 6.82. The van der Waals surface area contributed by atoms with Crippen molar-refractivity contribution in [3.05, 3.63) is 0 Å². The Balaban J connectivity index is 1.53. The maximum Gasteiger partial charge on any atom is 0.136 e. The van der Waals surface area contributed by atoms with Crippen LogP contribution in [-0.2, 0) is 4.79 Å². The van der Waals surface area contributed by atoms with Gasteiger partial charge in [0.05, 0.1) is 0 Å². The zero-order valence-electron chi connectivity index (χ0n) is 11.7. The Bertz CT molecular complexity index is 290. The molecule has 1 saturated carbocycles. The van der Waals surface area contributed by atoms with Crippen molar-refractivity contribution in [2.24, 2.45) is 11.8 Å². The molecule has 0 aromatic carbocycles. The second-order valence-electron chi connectivity index (χ2n) is 6.82. The molecule has 0 amide bonds. The Kier molecular flexibility index (Phi) is 3.74. The number of fused-ring (bicyclic) bond motifs is 2. The Labute approximate surface area is 111 Å². The van der Waals surface area contributed by atoms with Gasteiger partial charge in [-0.2, -0.15) is 0 Å². The average molecular weight is 249 g/mol. The molecule has 18 heavy (non-hydrogen) atoms. The third kappa shape index (κ3) is 2.49. The average Bonchev–Trinajstić information content (AvgIpc) is 2.62. The number of hydrogen-bond donors (Lipinski definition) is 0. The van der Waals surface area contributed by atoms with Crippen LogP contribution >= 0.6 is 0 Å². The zero-order valence-corrected chi connectivity index (χ0v) is 11.7. The highest BCUT2D eigenvalue weighted by molar-refractivity contribution is 5.80. The Morgan fingerprint density at radius 2 is 1.50 bits per heavy atom. The molecule has 2 saturated heterocycles. The highest BCUT2D eigenvalue weighted by Gasteiger charge is 2.40. The number of piperidine rings is 1. The van der Waals surface area contributed by atoms with Crippen LogP contribution in [0.4, 0.5) is 0 Å². The third-order valence-corrected chi connectivity index (χ3v) is 5.71. The minimum Gasteiger partial charge on any atom is -0.300 e. The van der Waals surface area contributed by atoms with Crippen molar-refractivity contribution in [1.82, 2.24) is 4.90 Å². The van der Waals surface area contributed by atoms with Crippen molar-refractivity contribution in [3.8, 4) is 0 Å². The fourth-order valence-electron chi connectivity index (χ4n) is 4.48. The lowest BCUT2D eigenvalue weighted by atomic mass is 9.80. The lowest BCUT2D eigenvalue weighted by Crippen LogP contribution is -2.45. The van der Waals surface area contributed by atoms with Gasteiger partial charge >= 0.3 is 0 Å². The molecule has 0 aromatic heterocycles. The quantitative estimate of drug-likeness (QED) is 0.764. The van der Waals surface area contributed by atoms with E-state index < -0.39 is 0 Å². The van der Waals surface area contributed by atoms with Gasteiger partial charge in [0.25, 0.3) is 0 Å². The lowest BCUT2D eigenvalue weighted by Gasteiger charge is -2.38. The Morgan fingerprint density at radius 1 is 0.944 bits per heavy atom. The van der Waals surface area contributed by atoms with E-state index >= 15 is 0 Å². The largest absolute Gasteiger partial charge is 0.300 e. The minimum absolute atomic E-state index is 0.522. The summed E-state index contributed by atoms with van der Waals surface area (Å²) >= 11 is 0. The van der Waals surface area contributed by atoms with Crippen LogP contribution in [-0.4, -0.2) is 29.3 Å². The second kappa shape index (κ2) is 5.32. The molecule has 2 atom stereocenters. The first kappa shape index (κ1) is 12.7. The first-order valence-corrected chi connectivity index (χ1v) is 8.03. The van der Waals surface area contributed by atoms with Gasteiger partial charge in [0.1, 0.15) is 5.78 Å². The highest BCUT2D eigenvalue weighted by Crippen LogP contribution is 2.37. The first-order valence-electron chi connectivity index (χ1n) is 8.03. The number of hydrogen-bond acceptors (Lipinski definition) is 2. The molecule has 2 nitrogen and oxygen atoms in total. The van der Waals surface area contributed by atoms with E-state index in [4.69, 9.17) is 0 Å². The number of carbonyl (C=O) groups is 1. The fraction of sp³-hybridized carbons (Fsp3) is 0.938. The molecule has 0 aromatic rings. The van der Waals surface area contributed by atoms with E-state index in [0.29, 0.717) is 17.9 Å². The van der Waals surface area contributed by atoms with E-state index in [0.717, 1.165) is 24.7 Å². The van der Waals surface area contributed by atoms with Crippen molar-refractivity contribution in [3.63, 3.8) is 0 Å². The summed E-state index contributed by atoms with van der Waals surface area (Å²) in [7, 11) is 0. The molecule has 2 heteroatoms. The van der Waals surface area contributed by atoms with E-state index in [1.807, 2.05) is 0 Å². The molecule has 0 radical (unpaired) electrons. The normalized spacial score (nSPS) is 41.3. The van der Waals surface area contributed by atoms with Gasteiger partial charge in [0.2, 0.25) is 0 Å². The lowest BCUT2D eigenvalue weighted by molar-refractivity contribution is -0.123. The molecule has 3 aliphatic rings. The first-order chi connectivity index (χ1) is 8.76. The van der Waals surface area contributed by atoms with E-state index in [1.165, 1.54) is 51.5 Å². The maximum absolute atomic E-state index is 11.6. The topological polar surface area (TPSA) is 20.3 Å². The summed E-state index contributed by atoms with van der Waals surface area (Å²) in [4.78, 5) is 14.3. The summed E-state index contributed by atoms with van der Waals surface area (Å²) in [6, 6.07) is 1.22. The van der Waals surface area contributed by atoms with Gasteiger partial charge in [-0.1, -0.05) is 26.2 Å². The Hall–Kier alpha value is -0.370. The number of Topliss-reactive ketones (excluding diaryl/α,β-unsaturated/α-hetero) is 1. The molecule has 1 aliphatic carbocycles. The van der Waals surface area contributed by atoms with Gasteiger partial charge in [0.15, 0.2) is 0 Å². The smallest absolute Gasteiger partial charge is 0.136 e. The van der Waals surface area contributed by atoms with Crippen LogP contribution in [0.25, 0.3) is 0 Å². The summed E-state index contributed by atoms with van der Waals surface area (Å²) in [5.41, 5.74) is 0. The van der Waals surface area contributed by atoms with Gasteiger partial charge in [0, 0.05) is 31.5 Å². The van der Waals surface area contributed by atoms with E-state index in [2.05, 4.69) is 11.8 Å². The van der Waals surface area contributed by atoms with Gasteiger partial charge in [-0.05, 0) is 37.5 Å². The minimum atomic E-state index is 0.522. The number of ketones is 1. The maximum atomic E-state index is 11.6. The van der Waals surface area contributed by atoms with Crippen LogP contribution < -0.4 is 0 Å². The summed E-state index contributed by atoms with van der Waals surface area (Å²) in [6.07, 6.45) is 11.4. The zero-order chi connectivity index (χ0) is 12.5. The van der Waals surface area contributed by atoms with Crippen molar-refractivity contribution < 1.29 is 4.79 Å². The standard InChI is InChI=1S/C16H27NO/c1-2-12-3-5-13(6-4-12)11-17-14-7-8-15(17)10-16(18)9-14/h12-15H,2-11H2,1H3. The van der Waals surface area contributed by atoms with Gasteiger partial charge < -0.3 is 0 Å². The number of rotatable bonds is 3. The SMILES string of the molecule is CCC1CCC(CN2C3CCC2CC(=O)C3)CC1. The van der Waals surface area contributed by atoms with Crippen LogP contribution in [0.15, 0.2) is 0 Å². The van der Waals surface area contributed by atoms with Crippen LogP contribution in [0.3, 0.4) is 0 Å². The summed E-state index contributed by atoms with van der Waals surface area (Å²) in [5.74, 6) is 2.44. The predicted octanol–water partition coefficient (Wildman–Crippen LogP) is 3.40. The molecule has 3 fully saturated rings. The summed E-state index contributed by atoms with van der Waals surface area (Å²) in [5, 5.41) is 0. The molecule has 2 unspecified atom stereocenters. The van der Waals surface area contributed by atoms with Crippen molar-refractivity contribution in [2.45, 2.75) is 76.8 Å². The van der Waals surface area contributed by atoms with Gasteiger partial charge in [-0.3, -0.25) is 9.69 Å². The monoisotopic (exact) mass is 249 g/mol. The van der Waals surface area contributed by atoms with Crippen LogP contribution in [0.1, 0.15) is 64.7 Å². The fourth-order valence-corrected chi connectivity index (χ4v) is 4.48. The number of nitrogens with zero attached hydrogens (tertiary/aromatic N) is 1. The molecular weight excluding hydrogens is 222 g/mol. The molecule has 2 heterocycles. The number of carbonyl (C=O) groups excluding carboxylic acids is 1. The molecule has 0 N–H and O–H groups in total. The molecule has 102 valence electrons. The van der Waals surface area contributed by atoms with Crippen molar-refractivity contribution in [1.29, 1.82) is 0 Å². The third-order valence-electron chi connectivity index (χ3n) is 5.71. The van der Waals surface area contributed by atoms with Crippen molar-refractivity contribution >= 4 is 5.78 Å². The Morgan fingerprint density at radius 3 is 2.06 bits per heavy atom. The van der Waals surface area contributed by atoms with E-state index in [1.54, 1.807) is 0 Å². The molecular formula is C16H27NO. The molecule has 3 rings (SSSR count).